The first-order chi connectivity index (χ1) is 7.77. The van der Waals surface area contributed by atoms with Crippen molar-refractivity contribution in [3.8, 4) is 11.8 Å². The fourth-order valence-electron chi connectivity index (χ4n) is 1.34. The third-order valence-electron chi connectivity index (χ3n) is 2.22. The van der Waals surface area contributed by atoms with E-state index in [0.717, 1.165) is 5.56 Å². The van der Waals surface area contributed by atoms with Crippen LogP contribution in [-0.2, 0) is 20.4 Å². The largest absolute Gasteiger partial charge is 0.698 e. The summed E-state index contributed by atoms with van der Waals surface area (Å²) in [5.74, 6) is 5.93. The first kappa shape index (κ1) is 19.6. The molecule has 2 rings (SSSR count). The van der Waals surface area contributed by atoms with Crippen LogP contribution in [0.25, 0.3) is 5.73 Å². The standard InChI is InChI=1S/C14H11N2.2CH3.Pd/c15-13-7-3-1-5-11(13)9-10-12-6-2-4-8-14(12)16;;;/h1-8,15H,16H2;2*1H3;/q3*-1;. The second kappa shape index (κ2) is 9.23. The maximum atomic E-state index is 7.66. The van der Waals surface area contributed by atoms with Gasteiger partial charge in [-0.05, 0) is 18.2 Å². The van der Waals surface area contributed by atoms with Crippen LogP contribution in [0.15, 0.2) is 48.5 Å². The molecule has 0 spiro atoms. The van der Waals surface area contributed by atoms with Crippen molar-refractivity contribution in [2.75, 3.05) is 5.73 Å². The molecule has 0 saturated carbocycles. The van der Waals surface area contributed by atoms with Crippen molar-refractivity contribution in [2.24, 2.45) is 0 Å². The monoisotopic (exact) mass is 343 g/mol. The summed E-state index contributed by atoms with van der Waals surface area (Å²) in [6.45, 7) is 0. The molecule has 2 aromatic rings. The van der Waals surface area contributed by atoms with Crippen molar-refractivity contribution in [1.82, 2.24) is 0 Å². The Balaban J connectivity index is 0. The fourth-order valence-corrected chi connectivity index (χ4v) is 1.34. The molecule has 0 atom stereocenters. The number of benzene rings is 2. The first-order valence-electron chi connectivity index (χ1n) is 4.94. The van der Waals surface area contributed by atoms with Crippen LogP contribution in [-0.4, -0.2) is 0 Å². The third-order valence-corrected chi connectivity index (χ3v) is 2.22. The second-order valence-electron chi connectivity index (χ2n) is 3.38. The average Bonchev–Trinajstić information content (AvgIpc) is 2.30. The van der Waals surface area contributed by atoms with Crippen molar-refractivity contribution < 1.29 is 20.4 Å². The van der Waals surface area contributed by atoms with E-state index in [1.807, 2.05) is 42.5 Å². The van der Waals surface area contributed by atoms with Crippen molar-refractivity contribution >= 4 is 11.4 Å². The predicted molar refractivity (Wildman–Crippen MR) is 80.1 cm³/mol. The van der Waals surface area contributed by atoms with Gasteiger partial charge in [0.1, 0.15) is 0 Å². The average molecular weight is 344 g/mol. The van der Waals surface area contributed by atoms with Crippen LogP contribution in [0.2, 0.25) is 0 Å². The van der Waals surface area contributed by atoms with Crippen LogP contribution in [0.5, 0.6) is 0 Å². The van der Waals surface area contributed by atoms with Gasteiger partial charge in [0, 0.05) is 37.2 Å². The number of para-hydroxylation sites is 1. The van der Waals surface area contributed by atoms with Crippen molar-refractivity contribution in [1.29, 1.82) is 0 Å². The minimum atomic E-state index is 0. The molecule has 0 aliphatic heterocycles. The van der Waals surface area contributed by atoms with Crippen LogP contribution in [0.1, 0.15) is 11.1 Å². The molecule has 0 aromatic heterocycles. The molecule has 2 aromatic carbocycles. The third kappa shape index (κ3) is 5.18. The first-order valence-corrected chi connectivity index (χ1v) is 4.94. The van der Waals surface area contributed by atoms with E-state index in [-0.39, 0.29) is 35.3 Å². The minimum absolute atomic E-state index is 0. The summed E-state index contributed by atoms with van der Waals surface area (Å²) in [6, 6.07) is 14.7. The van der Waals surface area contributed by atoms with Gasteiger partial charge in [0.15, 0.2) is 0 Å². The van der Waals surface area contributed by atoms with Crippen molar-refractivity contribution in [3.05, 3.63) is 80.2 Å². The van der Waals surface area contributed by atoms with Crippen LogP contribution in [0, 0.1) is 26.7 Å². The van der Waals surface area contributed by atoms with Crippen LogP contribution in [0.4, 0.5) is 11.4 Å². The number of nitrogens with one attached hydrogen (secondary N) is 1. The molecular formula is C16H17N2Pd-3. The molecule has 0 radical (unpaired) electrons. The number of anilines is 1. The Morgan fingerprint density at radius 3 is 1.84 bits per heavy atom. The van der Waals surface area contributed by atoms with Gasteiger partial charge in [0.05, 0.1) is 0 Å². The number of rotatable bonds is 0. The second-order valence-corrected chi connectivity index (χ2v) is 3.38. The molecule has 0 fully saturated rings. The van der Waals surface area contributed by atoms with Gasteiger partial charge in [0.25, 0.3) is 0 Å². The molecule has 3 N–H and O–H groups in total. The van der Waals surface area contributed by atoms with Gasteiger partial charge in [-0.25, -0.2) is 0 Å². The summed E-state index contributed by atoms with van der Waals surface area (Å²) in [5.41, 5.74) is 16.0. The van der Waals surface area contributed by atoms with Gasteiger partial charge >= 0.3 is 0 Å². The van der Waals surface area contributed by atoms with Gasteiger partial charge in [0.2, 0.25) is 0 Å². The summed E-state index contributed by atoms with van der Waals surface area (Å²) in [6.07, 6.45) is 0. The number of hydrogen-bond donors (Lipinski definition) is 1. The Labute approximate surface area is 129 Å². The quantitative estimate of drug-likeness (QED) is 0.330. The number of nitrogen functional groups attached to an aromatic ring is 1. The Hall–Kier alpha value is -1.74. The zero-order valence-electron chi connectivity index (χ0n) is 11.0. The molecule has 0 aliphatic rings. The van der Waals surface area contributed by atoms with E-state index < -0.39 is 0 Å². The van der Waals surface area contributed by atoms with E-state index >= 15 is 0 Å². The zero-order valence-corrected chi connectivity index (χ0v) is 12.6. The molecule has 0 saturated heterocycles. The van der Waals surface area contributed by atoms with E-state index in [1.165, 1.54) is 0 Å². The molecule has 0 heterocycles. The van der Waals surface area contributed by atoms with Crippen molar-refractivity contribution in [3.63, 3.8) is 0 Å². The smallest absolute Gasteiger partial charge is 0.0478 e. The predicted octanol–water partition coefficient (Wildman–Crippen LogP) is 4.25. The number of nitrogens with two attached hydrogens (primary N) is 1. The van der Waals surface area contributed by atoms with E-state index in [4.69, 9.17) is 11.5 Å². The molecule has 0 unspecified atom stereocenters. The Morgan fingerprint density at radius 1 is 0.789 bits per heavy atom. The normalized spacial score (nSPS) is 7.79. The summed E-state index contributed by atoms with van der Waals surface area (Å²) in [4.78, 5) is 0. The SMILES string of the molecule is [CH3-].[CH3-].[NH-]c1ccccc1C#Cc1ccccc1N.[Pd]. The summed E-state index contributed by atoms with van der Waals surface area (Å²) >= 11 is 0. The van der Waals surface area contributed by atoms with Gasteiger partial charge in [-0.1, -0.05) is 42.2 Å². The van der Waals surface area contributed by atoms with Gasteiger partial charge < -0.3 is 26.3 Å². The van der Waals surface area contributed by atoms with E-state index in [9.17, 15) is 0 Å². The summed E-state index contributed by atoms with van der Waals surface area (Å²) in [5, 5.41) is 0. The van der Waals surface area contributed by atoms with Gasteiger partial charge in [-0.15, -0.1) is 5.69 Å². The molecule has 19 heavy (non-hydrogen) atoms. The van der Waals surface area contributed by atoms with E-state index in [2.05, 4.69) is 11.8 Å². The Morgan fingerprint density at radius 2 is 1.26 bits per heavy atom. The van der Waals surface area contributed by atoms with Crippen LogP contribution < -0.4 is 5.73 Å². The molecule has 3 heteroatoms. The Bertz CT molecular complexity index is 519. The maximum Gasteiger partial charge on any atom is 0.0478 e. The molecular weight excluding hydrogens is 327 g/mol. The summed E-state index contributed by atoms with van der Waals surface area (Å²) < 4.78 is 0. The van der Waals surface area contributed by atoms with Crippen molar-refractivity contribution in [2.45, 2.75) is 0 Å². The van der Waals surface area contributed by atoms with Gasteiger partial charge in [-0.2, -0.15) is 0 Å². The molecule has 0 aliphatic carbocycles. The van der Waals surface area contributed by atoms with E-state index in [1.54, 1.807) is 6.07 Å². The van der Waals surface area contributed by atoms with Gasteiger partial charge in [-0.3, -0.25) is 0 Å². The molecule has 0 bridgehead atoms. The Kier molecular flexibility index (Phi) is 9.52. The summed E-state index contributed by atoms with van der Waals surface area (Å²) in [7, 11) is 0. The topological polar surface area (TPSA) is 49.8 Å². The van der Waals surface area contributed by atoms with Crippen LogP contribution >= 0.6 is 0 Å². The molecule has 0 amide bonds. The van der Waals surface area contributed by atoms with E-state index in [0.29, 0.717) is 16.9 Å². The maximum absolute atomic E-state index is 7.66. The molecule has 2 nitrogen and oxygen atoms in total. The minimum Gasteiger partial charge on any atom is -0.698 e. The van der Waals surface area contributed by atoms with Crippen LogP contribution in [0.3, 0.4) is 0 Å². The molecule has 104 valence electrons. The zero-order chi connectivity index (χ0) is 11.4. The number of hydrogen-bond acceptors (Lipinski definition) is 1. The fraction of sp³-hybridized carbons (Fsp3) is 0.